The standard InChI is InChI=1S/C12H22N6/c1-9-5-4-6-18(7-9)8-10-14-11(13)16-12(15-10)17(2)3/h9H,4-8H2,1-3H3,(H2,13,14,15,16)/t9-/m1/s1. The number of hydrogen-bond acceptors (Lipinski definition) is 6. The first kappa shape index (κ1) is 13.0. The summed E-state index contributed by atoms with van der Waals surface area (Å²) < 4.78 is 0. The highest BCUT2D eigenvalue weighted by atomic mass is 15.3. The van der Waals surface area contributed by atoms with Gasteiger partial charge in [0.05, 0.1) is 6.54 Å². The molecule has 6 heteroatoms. The fraction of sp³-hybridized carbons (Fsp3) is 0.750. The maximum Gasteiger partial charge on any atom is 0.229 e. The number of nitrogen functional groups attached to an aromatic ring is 1. The smallest absolute Gasteiger partial charge is 0.229 e. The van der Waals surface area contributed by atoms with E-state index in [0.29, 0.717) is 11.9 Å². The molecule has 18 heavy (non-hydrogen) atoms. The Labute approximate surface area is 108 Å². The number of likely N-dealkylation sites (tertiary alicyclic amines) is 1. The average molecular weight is 250 g/mol. The first-order chi connectivity index (χ1) is 8.54. The van der Waals surface area contributed by atoms with Gasteiger partial charge in [-0.05, 0) is 25.3 Å². The van der Waals surface area contributed by atoms with Gasteiger partial charge >= 0.3 is 0 Å². The molecule has 100 valence electrons. The van der Waals surface area contributed by atoms with Crippen molar-refractivity contribution in [2.45, 2.75) is 26.3 Å². The van der Waals surface area contributed by atoms with Crippen LogP contribution in [0.2, 0.25) is 0 Å². The summed E-state index contributed by atoms with van der Waals surface area (Å²) in [6.45, 7) is 5.28. The summed E-state index contributed by atoms with van der Waals surface area (Å²) in [5.74, 6) is 2.45. The second kappa shape index (κ2) is 5.48. The summed E-state index contributed by atoms with van der Waals surface area (Å²) in [5.41, 5.74) is 5.72. The Morgan fingerprint density at radius 1 is 1.33 bits per heavy atom. The molecule has 6 nitrogen and oxygen atoms in total. The summed E-state index contributed by atoms with van der Waals surface area (Å²) >= 11 is 0. The summed E-state index contributed by atoms with van der Waals surface area (Å²) in [4.78, 5) is 17.0. The van der Waals surface area contributed by atoms with Gasteiger partial charge in [0.25, 0.3) is 0 Å². The molecule has 1 fully saturated rings. The van der Waals surface area contributed by atoms with Gasteiger partial charge in [0.15, 0.2) is 0 Å². The van der Waals surface area contributed by atoms with Gasteiger partial charge in [-0.25, -0.2) is 0 Å². The Hall–Kier alpha value is -1.43. The largest absolute Gasteiger partial charge is 0.368 e. The molecule has 1 aliphatic rings. The highest BCUT2D eigenvalue weighted by Crippen LogP contribution is 2.17. The van der Waals surface area contributed by atoms with Gasteiger partial charge in [0, 0.05) is 20.6 Å². The quantitative estimate of drug-likeness (QED) is 0.853. The Morgan fingerprint density at radius 2 is 2.11 bits per heavy atom. The second-order valence-electron chi connectivity index (χ2n) is 5.29. The monoisotopic (exact) mass is 250 g/mol. The van der Waals surface area contributed by atoms with Crippen molar-refractivity contribution in [2.75, 3.05) is 37.8 Å². The molecule has 2 heterocycles. The van der Waals surface area contributed by atoms with Crippen molar-refractivity contribution in [3.05, 3.63) is 5.82 Å². The van der Waals surface area contributed by atoms with E-state index < -0.39 is 0 Å². The van der Waals surface area contributed by atoms with Crippen LogP contribution >= 0.6 is 0 Å². The van der Waals surface area contributed by atoms with Crippen LogP contribution in [0.3, 0.4) is 0 Å². The normalized spacial score (nSPS) is 20.9. The molecule has 0 saturated carbocycles. The Morgan fingerprint density at radius 3 is 2.78 bits per heavy atom. The van der Waals surface area contributed by atoms with Gasteiger partial charge in [0.1, 0.15) is 5.82 Å². The van der Waals surface area contributed by atoms with Gasteiger partial charge < -0.3 is 10.6 Å². The van der Waals surface area contributed by atoms with Gasteiger partial charge in [-0.2, -0.15) is 15.0 Å². The molecule has 2 N–H and O–H groups in total. The summed E-state index contributed by atoms with van der Waals surface area (Å²) in [6, 6.07) is 0. The molecule has 0 radical (unpaired) electrons. The maximum atomic E-state index is 5.72. The molecule has 0 unspecified atom stereocenters. The van der Waals surface area contributed by atoms with Crippen LogP contribution in [0.5, 0.6) is 0 Å². The van der Waals surface area contributed by atoms with Gasteiger partial charge in [-0.1, -0.05) is 6.92 Å². The zero-order chi connectivity index (χ0) is 13.1. The van der Waals surface area contributed by atoms with Crippen molar-refractivity contribution >= 4 is 11.9 Å². The van der Waals surface area contributed by atoms with E-state index in [9.17, 15) is 0 Å². The fourth-order valence-corrected chi connectivity index (χ4v) is 2.33. The zero-order valence-corrected chi connectivity index (χ0v) is 11.4. The van der Waals surface area contributed by atoms with Crippen LogP contribution in [0, 0.1) is 5.92 Å². The third-order valence-electron chi connectivity index (χ3n) is 3.19. The summed E-state index contributed by atoms with van der Waals surface area (Å²) in [6.07, 6.45) is 2.57. The van der Waals surface area contributed by atoms with Crippen molar-refractivity contribution in [3.8, 4) is 0 Å². The van der Waals surface area contributed by atoms with Crippen molar-refractivity contribution in [3.63, 3.8) is 0 Å². The molecule has 1 saturated heterocycles. The molecule has 0 aliphatic carbocycles. The van der Waals surface area contributed by atoms with Crippen LogP contribution in [-0.4, -0.2) is 47.0 Å². The van der Waals surface area contributed by atoms with E-state index in [2.05, 4.69) is 26.8 Å². The molecule has 0 spiro atoms. The van der Waals surface area contributed by atoms with Gasteiger partial charge in [0.2, 0.25) is 11.9 Å². The van der Waals surface area contributed by atoms with E-state index in [1.807, 2.05) is 19.0 Å². The average Bonchev–Trinajstić information content (AvgIpc) is 2.28. The topological polar surface area (TPSA) is 71.2 Å². The van der Waals surface area contributed by atoms with Crippen LogP contribution < -0.4 is 10.6 Å². The van der Waals surface area contributed by atoms with E-state index in [1.54, 1.807) is 0 Å². The van der Waals surface area contributed by atoms with Crippen molar-refractivity contribution in [1.29, 1.82) is 0 Å². The van der Waals surface area contributed by atoms with Crippen molar-refractivity contribution in [1.82, 2.24) is 19.9 Å². The molecule has 2 rings (SSSR count). The SMILES string of the molecule is C[C@@H]1CCCN(Cc2nc(N)nc(N(C)C)n2)C1. The molecule has 1 aliphatic heterocycles. The number of aromatic nitrogens is 3. The van der Waals surface area contributed by atoms with Crippen LogP contribution in [0.25, 0.3) is 0 Å². The Balaban J connectivity index is 2.08. The highest BCUT2D eigenvalue weighted by molar-refractivity contribution is 5.32. The van der Waals surface area contributed by atoms with Crippen LogP contribution in [-0.2, 0) is 6.54 Å². The van der Waals surface area contributed by atoms with Crippen molar-refractivity contribution < 1.29 is 0 Å². The van der Waals surface area contributed by atoms with E-state index >= 15 is 0 Å². The van der Waals surface area contributed by atoms with E-state index in [4.69, 9.17) is 5.73 Å². The minimum absolute atomic E-state index is 0.300. The van der Waals surface area contributed by atoms with Crippen molar-refractivity contribution in [2.24, 2.45) is 5.92 Å². The van der Waals surface area contributed by atoms with Gasteiger partial charge in [-0.3, -0.25) is 4.90 Å². The zero-order valence-electron chi connectivity index (χ0n) is 11.4. The first-order valence-corrected chi connectivity index (χ1v) is 6.44. The van der Waals surface area contributed by atoms with Crippen LogP contribution in [0.15, 0.2) is 0 Å². The first-order valence-electron chi connectivity index (χ1n) is 6.44. The van der Waals surface area contributed by atoms with Crippen LogP contribution in [0.4, 0.5) is 11.9 Å². The predicted molar refractivity (Wildman–Crippen MR) is 72.2 cm³/mol. The van der Waals surface area contributed by atoms with Crippen LogP contribution in [0.1, 0.15) is 25.6 Å². The van der Waals surface area contributed by atoms with E-state index in [1.165, 1.54) is 12.8 Å². The maximum absolute atomic E-state index is 5.72. The summed E-state index contributed by atoms with van der Waals surface area (Å²) in [7, 11) is 3.81. The predicted octanol–water partition coefficient (Wildman–Crippen LogP) is 0.752. The number of hydrogen-bond donors (Lipinski definition) is 1. The minimum atomic E-state index is 0.300. The third-order valence-corrected chi connectivity index (χ3v) is 3.19. The molecule has 1 aromatic heterocycles. The fourth-order valence-electron chi connectivity index (χ4n) is 2.33. The number of rotatable bonds is 3. The number of piperidine rings is 1. The minimum Gasteiger partial charge on any atom is -0.368 e. The number of nitrogens with two attached hydrogens (primary N) is 1. The molecule has 1 aromatic rings. The lowest BCUT2D eigenvalue weighted by molar-refractivity contribution is 0.173. The number of nitrogens with zero attached hydrogens (tertiary/aromatic N) is 5. The van der Waals surface area contributed by atoms with E-state index in [-0.39, 0.29) is 0 Å². The second-order valence-corrected chi connectivity index (χ2v) is 5.29. The number of anilines is 2. The third kappa shape index (κ3) is 3.29. The Kier molecular flexibility index (Phi) is 3.96. The molecule has 1 atom stereocenters. The molecule has 0 amide bonds. The lowest BCUT2D eigenvalue weighted by atomic mass is 10.0. The molecule has 0 aromatic carbocycles. The molecule has 0 bridgehead atoms. The lowest BCUT2D eigenvalue weighted by Crippen LogP contribution is -2.34. The molecular weight excluding hydrogens is 228 g/mol. The molecular formula is C12H22N6. The Bertz CT molecular complexity index is 406. The highest BCUT2D eigenvalue weighted by Gasteiger charge is 2.18. The van der Waals surface area contributed by atoms with Gasteiger partial charge in [-0.15, -0.1) is 0 Å². The lowest BCUT2D eigenvalue weighted by Gasteiger charge is -2.30. The van der Waals surface area contributed by atoms with E-state index in [0.717, 1.165) is 31.4 Å². The summed E-state index contributed by atoms with van der Waals surface area (Å²) in [5, 5.41) is 0.